The third kappa shape index (κ3) is 4.77. The summed E-state index contributed by atoms with van der Waals surface area (Å²) in [6.07, 6.45) is 8.49. The fourth-order valence-electron chi connectivity index (χ4n) is 2.73. The molecule has 0 radical (unpaired) electrons. The molecule has 1 saturated carbocycles. The highest BCUT2D eigenvalue weighted by Crippen LogP contribution is 2.22. The summed E-state index contributed by atoms with van der Waals surface area (Å²) in [6, 6.07) is 8.17. The van der Waals surface area contributed by atoms with E-state index in [-0.39, 0.29) is 0 Å². The van der Waals surface area contributed by atoms with Crippen molar-refractivity contribution < 1.29 is 4.74 Å². The summed E-state index contributed by atoms with van der Waals surface area (Å²) < 4.78 is 6.07. The topological polar surface area (TPSA) is 72.5 Å². The van der Waals surface area contributed by atoms with E-state index in [9.17, 15) is 0 Å². The summed E-state index contributed by atoms with van der Waals surface area (Å²) >= 11 is 1.43. The molecule has 0 spiro atoms. The zero-order chi connectivity index (χ0) is 15.9. The van der Waals surface area contributed by atoms with Gasteiger partial charge in [-0.3, -0.25) is 5.43 Å². The number of hydrogen-bond donors (Lipinski definition) is 2. The van der Waals surface area contributed by atoms with E-state index < -0.39 is 0 Å². The summed E-state index contributed by atoms with van der Waals surface area (Å²) in [5, 5.41) is 6.71. The molecule has 0 aliphatic heterocycles. The normalized spacial score (nSPS) is 16.0. The lowest BCUT2D eigenvalue weighted by Crippen LogP contribution is -2.16. The molecule has 3 rings (SSSR count). The molecular weight excluding hydrogens is 308 g/mol. The third-order valence-electron chi connectivity index (χ3n) is 3.97. The van der Waals surface area contributed by atoms with E-state index in [1.165, 1.54) is 43.4 Å². The van der Waals surface area contributed by atoms with Crippen molar-refractivity contribution >= 4 is 28.5 Å². The van der Waals surface area contributed by atoms with Crippen LogP contribution >= 0.6 is 11.3 Å². The van der Waals surface area contributed by atoms with Crippen molar-refractivity contribution in [3.8, 4) is 0 Å². The second kappa shape index (κ2) is 8.08. The first-order valence-electron chi connectivity index (χ1n) is 8.01. The number of ether oxygens (including phenoxy) is 1. The Morgan fingerprint density at radius 2 is 2.13 bits per heavy atom. The summed E-state index contributed by atoms with van der Waals surface area (Å²) in [5.41, 5.74) is 10.7. The number of nitrogens with zero attached hydrogens (tertiary/aromatic N) is 2. The Kier molecular flexibility index (Phi) is 5.60. The number of thiazole rings is 1. The van der Waals surface area contributed by atoms with E-state index in [2.05, 4.69) is 21.6 Å². The zero-order valence-corrected chi connectivity index (χ0v) is 13.9. The molecule has 0 bridgehead atoms. The molecule has 1 aromatic heterocycles. The monoisotopic (exact) mass is 330 g/mol. The van der Waals surface area contributed by atoms with Crippen molar-refractivity contribution in [2.75, 3.05) is 11.2 Å². The van der Waals surface area contributed by atoms with E-state index in [1.807, 2.05) is 18.2 Å². The molecule has 5 nitrogen and oxygen atoms in total. The number of anilines is 2. The van der Waals surface area contributed by atoms with Gasteiger partial charge in [0, 0.05) is 10.9 Å². The van der Waals surface area contributed by atoms with E-state index in [0.717, 1.165) is 11.1 Å². The first kappa shape index (κ1) is 16.0. The van der Waals surface area contributed by atoms with Crippen LogP contribution < -0.4 is 11.2 Å². The fraction of sp³-hybridized carbons (Fsp3) is 0.412. The van der Waals surface area contributed by atoms with Gasteiger partial charge in [0.1, 0.15) is 5.82 Å². The Hall–Kier alpha value is -1.92. The van der Waals surface area contributed by atoms with E-state index in [1.54, 1.807) is 11.6 Å². The van der Waals surface area contributed by atoms with Gasteiger partial charge in [0.25, 0.3) is 0 Å². The molecule has 0 saturated heterocycles. The van der Waals surface area contributed by atoms with E-state index >= 15 is 0 Å². The van der Waals surface area contributed by atoms with Crippen molar-refractivity contribution in [2.24, 2.45) is 5.10 Å². The van der Waals surface area contributed by atoms with Gasteiger partial charge in [-0.05, 0) is 18.4 Å². The largest absolute Gasteiger partial charge is 0.383 e. The van der Waals surface area contributed by atoms with Gasteiger partial charge in [0.05, 0.1) is 18.9 Å². The minimum absolute atomic E-state index is 0.408. The maximum atomic E-state index is 6.07. The van der Waals surface area contributed by atoms with Crippen LogP contribution in [0.1, 0.15) is 43.2 Å². The van der Waals surface area contributed by atoms with Crippen LogP contribution in [0, 0.1) is 0 Å². The van der Waals surface area contributed by atoms with Crippen molar-refractivity contribution in [3.05, 3.63) is 40.8 Å². The Balaban J connectivity index is 1.58. The molecule has 0 atom stereocenters. The van der Waals surface area contributed by atoms with Crippen molar-refractivity contribution in [2.45, 2.75) is 44.8 Å². The zero-order valence-electron chi connectivity index (χ0n) is 13.1. The van der Waals surface area contributed by atoms with Gasteiger partial charge in [-0.25, -0.2) is 4.98 Å². The average molecular weight is 330 g/mol. The van der Waals surface area contributed by atoms with Crippen molar-refractivity contribution in [1.82, 2.24) is 4.98 Å². The predicted octanol–water partition coefficient (Wildman–Crippen LogP) is 4.02. The minimum Gasteiger partial charge on any atom is -0.383 e. The Morgan fingerprint density at radius 3 is 2.91 bits per heavy atom. The van der Waals surface area contributed by atoms with Gasteiger partial charge < -0.3 is 10.5 Å². The molecule has 23 heavy (non-hydrogen) atoms. The van der Waals surface area contributed by atoms with Gasteiger partial charge >= 0.3 is 0 Å². The SMILES string of the molecule is Nc1csc(NN=Cc2ccccc2COC2CCCCC2)n1. The van der Waals surface area contributed by atoms with Crippen LogP contribution in [0.2, 0.25) is 0 Å². The first-order chi connectivity index (χ1) is 11.3. The quantitative estimate of drug-likeness (QED) is 0.620. The van der Waals surface area contributed by atoms with Crippen LogP contribution in [-0.2, 0) is 11.3 Å². The van der Waals surface area contributed by atoms with Gasteiger partial charge in [0.2, 0.25) is 5.13 Å². The Bertz CT molecular complexity index is 650. The standard InChI is InChI=1S/C17H22N4OS/c18-16-12-23-17(20-16)21-19-10-13-6-4-5-7-14(13)11-22-15-8-2-1-3-9-15/h4-7,10,12,15H,1-3,8-9,11,18H2,(H,20,21). The molecule has 1 aliphatic carbocycles. The van der Waals surface area contributed by atoms with E-state index in [0.29, 0.717) is 23.7 Å². The molecule has 1 aromatic carbocycles. The number of benzene rings is 1. The minimum atomic E-state index is 0.408. The molecule has 0 unspecified atom stereocenters. The van der Waals surface area contributed by atoms with Crippen LogP contribution in [0.25, 0.3) is 0 Å². The average Bonchev–Trinajstić information content (AvgIpc) is 3.00. The maximum absolute atomic E-state index is 6.07. The first-order valence-corrected chi connectivity index (χ1v) is 8.89. The lowest BCUT2D eigenvalue weighted by Gasteiger charge is -2.22. The number of aromatic nitrogens is 1. The summed E-state index contributed by atoms with van der Waals surface area (Å²) in [4.78, 5) is 4.11. The van der Waals surface area contributed by atoms with Crippen LogP contribution in [0.3, 0.4) is 0 Å². The molecule has 122 valence electrons. The number of nitrogens with one attached hydrogen (secondary N) is 1. The predicted molar refractivity (Wildman–Crippen MR) is 95.8 cm³/mol. The Labute approximate surface area is 140 Å². The van der Waals surface area contributed by atoms with Crippen LogP contribution in [0.5, 0.6) is 0 Å². The van der Waals surface area contributed by atoms with Gasteiger partial charge in [-0.15, -0.1) is 11.3 Å². The highest BCUT2D eigenvalue weighted by Gasteiger charge is 2.14. The Morgan fingerprint density at radius 1 is 1.30 bits per heavy atom. The lowest BCUT2D eigenvalue weighted by molar-refractivity contribution is 0.0168. The molecule has 3 N–H and O–H groups in total. The van der Waals surface area contributed by atoms with Crippen LogP contribution in [0.15, 0.2) is 34.7 Å². The number of hydrazone groups is 1. The molecule has 1 fully saturated rings. The molecule has 1 aliphatic rings. The summed E-state index contributed by atoms with van der Waals surface area (Å²) in [5.74, 6) is 0.508. The second-order valence-corrected chi connectivity index (χ2v) is 6.58. The molecular formula is C17H22N4OS. The summed E-state index contributed by atoms with van der Waals surface area (Å²) in [7, 11) is 0. The van der Waals surface area contributed by atoms with Gasteiger partial charge in [-0.1, -0.05) is 43.5 Å². The smallest absolute Gasteiger partial charge is 0.205 e. The number of rotatable bonds is 6. The third-order valence-corrected chi connectivity index (χ3v) is 4.73. The van der Waals surface area contributed by atoms with Gasteiger partial charge in [-0.2, -0.15) is 5.10 Å². The van der Waals surface area contributed by atoms with Crippen molar-refractivity contribution in [1.29, 1.82) is 0 Å². The molecule has 0 amide bonds. The van der Waals surface area contributed by atoms with Gasteiger partial charge in [0.15, 0.2) is 0 Å². The van der Waals surface area contributed by atoms with Crippen LogP contribution in [0.4, 0.5) is 10.9 Å². The number of nitrogens with two attached hydrogens (primary N) is 1. The molecule has 1 heterocycles. The maximum Gasteiger partial charge on any atom is 0.205 e. The number of nitrogen functional groups attached to an aromatic ring is 1. The summed E-state index contributed by atoms with van der Waals surface area (Å²) in [6.45, 7) is 0.636. The lowest BCUT2D eigenvalue weighted by atomic mass is 9.98. The van der Waals surface area contributed by atoms with Crippen LogP contribution in [-0.4, -0.2) is 17.3 Å². The fourth-order valence-corrected chi connectivity index (χ4v) is 3.27. The molecule has 2 aromatic rings. The molecule has 6 heteroatoms. The van der Waals surface area contributed by atoms with Crippen molar-refractivity contribution in [3.63, 3.8) is 0 Å². The van der Waals surface area contributed by atoms with E-state index in [4.69, 9.17) is 10.5 Å². The number of hydrogen-bond acceptors (Lipinski definition) is 6. The highest BCUT2D eigenvalue weighted by molar-refractivity contribution is 7.14. The highest BCUT2D eigenvalue weighted by atomic mass is 32.1. The second-order valence-electron chi connectivity index (χ2n) is 5.72.